The lowest BCUT2D eigenvalue weighted by Gasteiger charge is -2.09. The number of hydrogen-bond donors (Lipinski definition) is 1. The minimum absolute atomic E-state index is 0.140. The van der Waals surface area contributed by atoms with Gasteiger partial charge in [0.25, 0.3) is 0 Å². The van der Waals surface area contributed by atoms with Crippen LogP contribution in [0.2, 0.25) is 5.02 Å². The number of hydrogen-bond acceptors (Lipinski definition) is 3. The van der Waals surface area contributed by atoms with E-state index >= 15 is 0 Å². The van der Waals surface area contributed by atoms with E-state index in [1.54, 1.807) is 36.4 Å². The molecule has 26 heavy (non-hydrogen) atoms. The molecule has 4 aromatic rings. The summed E-state index contributed by atoms with van der Waals surface area (Å²) >= 11 is 6.06. The lowest BCUT2D eigenvalue weighted by molar-refractivity contribution is 0.0690. The molecule has 0 amide bonds. The van der Waals surface area contributed by atoms with E-state index in [0.717, 1.165) is 5.56 Å². The quantitative estimate of drug-likeness (QED) is 0.576. The van der Waals surface area contributed by atoms with Crippen LogP contribution in [0.3, 0.4) is 0 Å². The Bertz CT molecular complexity index is 1160. The third-order valence-corrected chi connectivity index (χ3v) is 4.12. The second-order valence-corrected chi connectivity index (χ2v) is 6.09. The summed E-state index contributed by atoms with van der Waals surface area (Å²) < 4.78 is 15.1. The van der Waals surface area contributed by atoms with Crippen LogP contribution in [0.25, 0.3) is 28.2 Å². The van der Waals surface area contributed by atoms with Crippen molar-refractivity contribution in [1.29, 1.82) is 0 Å². The fourth-order valence-electron chi connectivity index (χ4n) is 2.73. The van der Waals surface area contributed by atoms with Crippen molar-refractivity contribution in [3.05, 3.63) is 77.2 Å². The second-order valence-electron chi connectivity index (χ2n) is 5.65. The van der Waals surface area contributed by atoms with Crippen molar-refractivity contribution in [2.24, 2.45) is 0 Å². The molecule has 0 radical (unpaired) electrons. The van der Waals surface area contributed by atoms with Crippen molar-refractivity contribution in [2.45, 2.75) is 0 Å². The highest BCUT2D eigenvalue weighted by Crippen LogP contribution is 2.28. The number of halogens is 2. The first-order chi connectivity index (χ1) is 12.5. The van der Waals surface area contributed by atoms with Crippen molar-refractivity contribution in [3.8, 4) is 22.5 Å². The number of nitrogens with zero attached hydrogens (tertiary/aromatic N) is 3. The first-order valence-corrected chi connectivity index (χ1v) is 8.05. The zero-order valence-corrected chi connectivity index (χ0v) is 14.0. The zero-order valence-electron chi connectivity index (χ0n) is 13.2. The highest BCUT2D eigenvalue weighted by Gasteiger charge is 2.16. The van der Waals surface area contributed by atoms with Crippen LogP contribution >= 0.6 is 11.6 Å². The Morgan fingerprint density at radius 2 is 1.81 bits per heavy atom. The predicted molar refractivity (Wildman–Crippen MR) is 95.8 cm³/mol. The third kappa shape index (κ3) is 2.91. The molecule has 7 heteroatoms. The van der Waals surface area contributed by atoms with Crippen molar-refractivity contribution in [1.82, 2.24) is 14.6 Å². The standard InChI is InChI=1S/C19H11ClFN3O2/c20-13-5-1-3-11(7-13)15-9-17(12-4-2-6-14(21)8-12)24-18(22-15)10-16(23-24)19(25)26/h1-10H,(H,25,26). The minimum Gasteiger partial charge on any atom is -0.476 e. The fourth-order valence-corrected chi connectivity index (χ4v) is 2.92. The Morgan fingerprint density at radius 3 is 2.54 bits per heavy atom. The van der Waals surface area contributed by atoms with E-state index in [0.29, 0.717) is 27.6 Å². The Balaban J connectivity index is 2.02. The van der Waals surface area contributed by atoms with E-state index in [2.05, 4.69) is 10.1 Å². The summed E-state index contributed by atoms with van der Waals surface area (Å²) in [6, 6.07) is 16.2. The summed E-state index contributed by atoms with van der Waals surface area (Å²) in [4.78, 5) is 15.8. The summed E-state index contributed by atoms with van der Waals surface area (Å²) in [7, 11) is 0. The molecular weight excluding hydrogens is 357 g/mol. The molecule has 0 bridgehead atoms. The predicted octanol–water partition coefficient (Wildman–Crippen LogP) is 4.55. The van der Waals surface area contributed by atoms with E-state index in [9.17, 15) is 14.3 Å². The van der Waals surface area contributed by atoms with Gasteiger partial charge in [0, 0.05) is 22.2 Å². The van der Waals surface area contributed by atoms with Crippen LogP contribution in [-0.2, 0) is 0 Å². The molecule has 0 spiro atoms. The fraction of sp³-hybridized carbons (Fsp3) is 0. The van der Waals surface area contributed by atoms with E-state index < -0.39 is 11.8 Å². The molecule has 2 aromatic carbocycles. The number of benzene rings is 2. The van der Waals surface area contributed by atoms with Crippen LogP contribution in [0.5, 0.6) is 0 Å². The van der Waals surface area contributed by atoms with Crippen molar-refractivity contribution >= 4 is 23.2 Å². The molecule has 0 aliphatic carbocycles. The van der Waals surface area contributed by atoms with Crippen molar-refractivity contribution < 1.29 is 14.3 Å². The number of carboxylic acid groups (broad SMARTS) is 1. The van der Waals surface area contributed by atoms with Gasteiger partial charge in [-0.05, 0) is 30.3 Å². The number of carbonyl (C=O) groups is 1. The van der Waals surface area contributed by atoms with Gasteiger partial charge < -0.3 is 5.11 Å². The van der Waals surface area contributed by atoms with Crippen LogP contribution in [-0.4, -0.2) is 25.7 Å². The first-order valence-electron chi connectivity index (χ1n) is 7.67. The lowest BCUT2D eigenvalue weighted by atomic mass is 10.1. The summed E-state index contributed by atoms with van der Waals surface area (Å²) in [5.41, 5.74) is 2.63. The molecule has 2 aromatic heterocycles. The normalized spacial score (nSPS) is 11.0. The van der Waals surface area contributed by atoms with Crippen molar-refractivity contribution in [2.75, 3.05) is 0 Å². The summed E-state index contributed by atoms with van der Waals surface area (Å²) in [5, 5.41) is 13.9. The van der Waals surface area contributed by atoms with Crippen LogP contribution in [0.4, 0.5) is 4.39 Å². The molecule has 0 fully saturated rings. The highest BCUT2D eigenvalue weighted by atomic mass is 35.5. The van der Waals surface area contributed by atoms with Gasteiger partial charge in [0.1, 0.15) is 5.82 Å². The number of aromatic carboxylic acids is 1. The van der Waals surface area contributed by atoms with Gasteiger partial charge in [-0.1, -0.05) is 35.9 Å². The van der Waals surface area contributed by atoms with Crippen LogP contribution < -0.4 is 0 Å². The van der Waals surface area contributed by atoms with Gasteiger partial charge in [-0.15, -0.1) is 0 Å². The Morgan fingerprint density at radius 1 is 1.04 bits per heavy atom. The molecule has 0 atom stereocenters. The molecule has 128 valence electrons. The molecule has 0 aliphatic heterocycles. The van der Waals surface area contributed by atoms with Crippen molar-refractivity contribution in [3.63, 3.8) is 0 Å². The third-order valence-electron chi connectivity index (χ3n) is 3.89. The largest absolute Gasteiger partial charge is 0.476 e. The number of fused-ring (bicyclic) bond motifs is 1. The van der Waals surface area contributed by atoms with E-state index in [1.807, 2.05) is 6.07 Å². The zero-order chi connectivity index (χ0) is 18.3. The monoisotopic (exact) mass is 367 g/mol. The maximum Gasteiger partial charge on any atom is 0.356 e. The van der Waals surface area contributed by atoms with E-state index in [-0.39, 0.29) is 5.69 Å². The van der Waals surface area contributed by atoms with Crippen LogP contribution in [0.1, 0.15) is 10.5 Å². The van der Waals surface area contributed by atoms with Crippen LogP contribution in [0.15, 0.2) is 60.7 Å². The van der Waals surface area contributed by atoms with Gasteiger partial charge in [0.15, 0.2) is 11.3 Å². The SMILES string of the molecule is O=C(O)c1cc2nc(-c3cccc(Cl)c3)cc(-c3cccc(F)c3)n2n1. The molecular formula is C19H11ClFN3O2. The van der Waals surface area contributed by atoms with Gasteiger partial charge in [0.05, 0.1) is 11.4 Å². The minimum atomic E-state index is -1.16. The second kappa shape index (κ2) is 6.24. The van der Waals surface area contributed by atoms with Crippen LogP contribution in [0, 0.1) is 5.82 Å². The number of rotatable bonds is 3. The Hall–Kier alpha value is -3.25. The molecule has 0 saturated heterocycles. The Labute approximate surface area is 152 Å². The molecule has 2 heterocycles. The highest BCUT2D eigenvalue weighted by molar-refractivity contribution is 6.30. The molecule has 1 N–H and O–H groups in total. The van der Waals surface area contributed by atoms with E-state index in [1.165, 1.54) is 22.7 Å². The smallest absolute Gasteiger partial charge is 0.356 e. The van der Waals surface area contributed by atoms with Gasteiger partial charge in [-0.2, -0.15) is 5.10 Å². The maximum atomic E-state index is 13.7. The molecule has 0 unspecified atom stereocenters. The lowest BCUT2D eigenvalue weighted by Crippen LogP contribution is -2.01. The van der Waals surface area contributed by atoms with Gasteiger partial charge in [-0.3, -0.25) is 0 Å². The molecule has 0 aliphatic rings. The first kappa shape index (κ1) is 16.2. The van der Waals surface area contributed by atoms with Gasteiger partial charge in [0.2, 0.25) is 0 Å². The summed E-state index contributed by atoms with van der Waals surface area (Å²) in [6.07, 6.45) is 0. The average molecular weight is 368 g/mol. The average Bonchev–Trinajstić information content (AvgIpc) is 3.05. The Kier molecular flexibility index (Phi) is 3.89. The summed E-state index contributed by atoms with van der Waals surface area (Å²) in [5.74, 6) is -1.56. The molecule has 5 nitrogen and oxygen atoms in total. The molecule has 4 rings (SSSR count). The maximum absolute atomic E-state index is 13.7. The van der Waals surface area contributed by atoms with Gasteiger partial charge >= 0.3 is 5.97 Å². The molecule has 0 saturated carbocycles. The number of carboxylic acids is 1. The number of aromatic nitrogens is 3. The van der Waals surface area contributed by atoms with E-state index in [4.69, 9.17) is 11.6 Å². The summed E-state index contributed by atoms with van der Waals surface area (Å²) in [6.45, 7) is 0. The topological polar surface area (TPSA) is 67.5 Å². The van der Waals surface area contributed by atoms with Gasteiger partial charge in [-0.25, -0.2) is 18.7 Å².